The molecule has 1 unspecified atom stereocenters. The second-order valence-electron chi connectivity index (χ2n) is 2.77. The van der Waals surface area contributed by atoms with Crippen LogP contribution in [-0.2, 0) is 6.54 Å². The molecule has 0 aliphatic heterocycles. The Morgan fingerprint density at radius 3 is 2.64 bits per heavy atom. The molecule has 0 fully saturated rings. The Hall–Kier alpha value is -1.08. The van der Waals surface area contributed by atoms with Gasteiger partial charge in [-0.25, -0.2) is 5.43 Å². The van der Waals surface area contributed by atoms with E-state index >= 15 is 0 Å². The maximum Gasteiger partial charge on any atom is 0.409 e. The van der Waals surface area contributed by atoms with Gasteiger partial charge in [0, 0.05) is 18.3 Å². The van der Waals surface area contributed by atoms with Crippen molar-refractivity contribution in [1.82, 2.24) is 15.2 Å². The van der Waals surface area contributed by atoms with Crippen molar-refractivity contribution in [3.8, 4) is 0 Å². The van der Waals surface area contributed by atoms with Gasteiger partial charge in [-0.15, -0.1) is 0 Å². The van der Waals surface area contributed by atoms with E-state index in [0.717, 1.165) is 6.20 Å². The van der Waals surface area contributed by atoms with Gasteiger partial charge in [-0.1, -0.05) is 0 Å². The average molecular weight is 208 g/mol. The highest BCUT2D eigenvalue weighted by Gasteiger charge is 2.40. The molecule has 0 aromatic carbocycles. The molecule has 0 amide bonds. The lowest BCUT2D eigenvalue weighted by molar-refractivity contribution is -0.157. The smallest absolute Gasteiger partial charge is 0.273 e. The van der Waals surface area contributed by atoms with Crippen LogP contribution in [0, 0.1) is 0 Å². The predicted octanol–water partition coefficient (Wildman–Crippen LogP) is 0.970. The normalized spacial score (nSPS) is 14.4. The first-order valence-electron chi connectivity index (χ1n) is 4.04. The monoisotopic (exact) mass is 208 g/mol. The number of alkyl halides is 3. The molecule has 1 rings (SSSR count). The minimum absolute atomic E-state index is 0.0156. The van der Waals surface area contributed by atoms with Crippen molar-refractivity contribution >= 4 is 0 Å². The van der Waals surface area contributed by atoms with Crippen molar-refractivity contribution in [1.29, 1.82) is 0 Å². The summed E-state index contributed by atoms with van der Waals surface area (Å²) in [5.41, 5.74) is 1.73. The summed E-state index contributed by atoms with van der Waals surface area (Å²) in [7, 11) is 0. The average Bonchev–Trinajstić information content (AvgIpc) is 2.51. The number of hydrogen-bond acceptors (Lipinski definition) is 3. The van der Waals surface area contributed by atoms with Crippen LogP contribution in [-0.4, -0.2) is 16.0 Å². The largest absolute Gasteiger partial charge is 0.409 e. The minimum Gasteiger partial charge on any atom is -0.273 e. The Morgan fingerprint density at radius 2 is 2.29 bits per heavy atom. The Labute approximate surface area is 78.9 Å². The van der Waals surface area contributed by atoms with E-state index in [1.54, 1.807) is 12.3 Å². The first-order valence-corrected chi connectivity index (χ1v) is 4.04. The topological polar surface area (TPSA) is 55.9 Å². The van der Waals surface area contributed by atoms with E-state index in [-0.39, 0.29) is 5.56 Å². The van der Waals surface area contributed by atoms with E-state index in [4.69, 9.17) is 5.84 Å². The third kappa shape index (κ3) is 2.24. The zero-order valence-corrected chi connectivity index (χ0v) is 7.54. The van der Waals surface area contributed by atoms with Gasteiger partial charge in [0.05, 0.1) is 6.20 Å². The molecular weight excluding hydrogens is 197 g/mol. The van der Waals surface area contributed by atoms with Gasteiger partial charge in [-0.05, 0) is 6.92 Å². The van der Waals surface area contributed by atoms with Crippen LogP contribution in [0.25, 0.3) is 0 Å². The molecule has 4 nitrogen and oxygen atoms in total. The van der Waals surface area contributed by atoms with Crippen molar-refractivity contribution in [2.75, 3.05) is 0 Å². The van der Waals surface area contributed by atoms with Crippen LogP contribution in [0.2, 0.25) is 0 Å². The van der Waals surface area contributed by atoms with Crippen molar-refractivity contribution in [2.45, 2.75) is 25.7 Å². The van der Waals surface area contributed by atoms with Crippen molar-refractivity contribution < 1.29 is 13.2 Å². The van der Waals surface area contributed by atoms with E-state index in [0.29, 0.717) is 6.54 Å². The summed E-state index contributed by atoms with van der Waals surface area (Å²) in [4.78, 5) is 0. The van der Waals surface area contributed by atoms with Crippen LogP contribution >= 0.6 is 0 Å². The molecule has 3 N–H and O–H groups in total. The summed E-state index contributed by atoms with van der Waals surface area (Å²) in [5, 5.41) is 3.74. The van der Waals surface area contributed by atoms with Crippen molar-refractivity contribution in [3.05, 3.63) is 18.0 Å². The lowest BCUT2D eigenvalue weighted by Crippen LogP contribution is -2.38. The molecule has 0 spiro atoms. The molecule has 0 bridgehead atoms. The lowest BCUT2D eigenvalue weighted by Gasteiger charge is -2.17. The molecule has 80 valence electrons. The molecule has 1 atom stereocenters. The molecule has 0 aliphatic rings. The lowest BCUT2D eigenvalue weighted by atomic mass is 10.2. The fourth-order valence-corrected chi connectivity index (χ4v) is 1.08. The first kappa shape index (κ1) is 11.0. The highest BCUT2D eigenvalue weighted by molar-refractivity contribution is 5.12. The highest BCUT2D eigenvalue weighted by atomic mass is 19.4. The number of halogens is 3. The zero-order chi connectivity index (χ0) is 10.8. The van der Waals surface area contributed by atoms with Gasteiger partial charge < -0.3 is 0 Å². The van der Waals surface area contributed by atoms with Gasteiger partial charge in [0.2, 0.25) is 0 Å². The standard InChI is InChI=1S/C7H11F3N4/c1-2-14-4-5(3-12-14)6(13-11)7(8,9)10/h3-4,6,13H,2,11H2,1H3. The van der Waals surface area contributed by atoms with Gasteiger partial charge in [-0.3, -0.25) is 10.5 Å². The van der Waals surface area contributed by atoms with Crippen LogP contribution in [0.4, 0.5) is 13.2 Å². The summed E-state index contributed by atoms with van der Waals surface area (Å²) in [6.07, 6.45) is -1.93. The van der Waals surface area contributed by atoms with E-state index in [2.05, 4.69) is 5.10 Å². The van der Waals surface area contributed by atoms with Crippen molar-refractivity contribution in [3.63, 3.8) is 0 Å². The molecule has 7 heteroatoms. The first-order chi connectivity index (χ1) is 6.49. The summed E-state index contributed by atoms with van der Waals surface area (Å²) in [5.74, 6) is 4.83. The van der Waals surface area contributed by atoms with Gasteiger partial charge >= 0.3 is 6.18 Å². The van der Waals surface area contributed by atoms with Crippen molar-refractivity contribution in [2.24, 2.45) is 5.84 Å². The number of nitrogens with zero attached hydrogens (tertiary/aromatic N) is 2. The molecule has 1 aromatic heterocycles. The summed E-state index contributed by atoms with van der Waals surface area (Å²) in [6.45, 7) is 2.31. The number of aryl methyl sites for hydroxylation is 1. The number of nitrogens with two attached hydrogens (primary N) is 1. The number of nitrogens with one attached hydrogen (secondary N) is 1. The number of rotatable bonds is 3. The quantitative estimate of drug-likeness (QED) is 0.574. The number of aromatic nitrogens is 2. The highest BCUT2D eigenvalue weighted by Crippen LogP contribution is 2.31. The van der Waals surface area contributed by atoms with Crippen LogP contribution < -0.4 is 11.3 Å². The van der Waals surface area contributed by atoms with E-state index in [1.807, 2.05) is 0 Å². The van der Waals surface area contributed by atoms with Crippen LogP contribution in [0.5, 0.6) is 0 Å². The third-order valence-corrected chi connectivity index (χ3v) is 1.80. The molecule has 0 saturated carbocycles. The van der Waals surface area contributed by atoms with Crippen LogP contribution in [0.3, 0.4) is 0 Å². The van der Waals surface area contributed by atoms with Gasteiger partial charge in [0.25, 0.3) is 0 Å². The zero-order valence-electron chi connectivity index (χ0n) is 7.54. The summed E-state index contributed by atoms with van der Waals surface area (Å²) in [6, 6.07) is -1.86. The fourth-order valence-electron chi connectivity index (χ4n) is 1.08. The predicted molar refractivity (Wildman–Crippen MR) is 44.0 cm³/mol. The molecule has 0 saturated heterocycles. The van der Waals surface area contributed by atoms with Gasteiger partial charge in [-0.2, -0.15) is 18.3 Å². The molecule has 1 aromatic rings. The van der Waals surface area contributed by atoms with Gasteiger partial charge in [0.15, 0.2) is 0 Å². The minimum atomic E-state index is -4.41. The summed E-state index contributed by atoms with van der Waals surface area (Å²) >= 11 is 0. The second kappa shape index (κ2) is 3.97. The molecule has 0 aliphatic carbocycles. The maximum absolute atomic E-state index is 12.3. The second-order valence-corrected chi connectivity index (χ2v) is 2.77. The summed E-state index contributed by atoms with van der Waals surface area (Å²) < 4.78 is 38.4. The van der Waals surface area contributed by atoms with Crippen LogP contribution in [0.1, 0.15) is 18.5 Å². The molecule has 0 radical (unpaired) electrons. The Kier molecular flexibility index (Phi) is 3.12. The Balaban J connectivity index is 2.90. The van der Waals surface area contributed by atoms with E-state index in [1.165, 1.54) is 10.9 Å². The third-order valence-electron chi connectivity index (χ3n) is 1.80. The van der Waals surface area contributed by atoms with E-state index in [9.17, 15) is 13.2 Å². The molecule has 1 heterocycles. The van der Waals surface area contributed by atoms with Crippen LogP contribution in [0.15, 0.2) is 12.4 Å². The fraction of sp³-hybridized carbons (Fsp3) is 0.571. The Morgan fingerprint density at radius 1 is 1.64 bits per heavy atom. The molecule has 14 heavy (non-hydrogen) atoms. The van der Waals surface area contributed by atoms with Gasteiger partial charge in [0.1, 0.15) is 6.04 Å². The Bertz CT molecular complexity index is 293. The number of hydrogen-bond donors (Lipinski definition) is 2. The number of hydrazine groups is 1. The maximum atomic E-state index is 12.3. The van der Waals surface area contributed by atoms with E-state index < -0.39 is 12.2 Å². The molecular formula is C7H11F3N4. The SMILES string of the molecule is CCn1cc(C(NN)C(F)(F)F)cn1.